The van der Waals surface area contributed by atoms with Crippen LogP contribution in [0.1, 0.15) is 34.1 Å². The van der Waals surface area contributed by atoms with E-state index in [0.29, 0.717) is 35.7 Å². The van der Waals surface area contributed by atoms with Gasteiger partial charge < -0.3 is 20.4 Å². The molecule has 156 valence electrons. The van der Waals surface area contributed by atoms with E-state index < -0.39 is 5.60 Å². The van der Waals surface area contributed by atoms with Crippen LogP contribution in [0.25, 0.3) is 10.9 Å². The van der Waals surface area contributed by atoms with Crippen LogP contribution in [-0.2, 0) is 11.3 Å². The van der Waals surface area contributed by atoms with Gasteiger partial charge in [0.1, 0.15) is 5.75 Å². The lowest BCUT2D eigenvalue weighted by Crippen LogP contribution is -2.21. The van der Waals surface area contributed by atoms with Gasteiger partial charge in [-0.3, -0.25) is 9.48 Å². The van der Waals surface area contributed by atoms with Gasteiger partial charge in [-0.25, -0.2) is 0 Å². The first-order chi connectivity index (χ1) is 13.6. The molecule has 0 saturated heterocycles. The third kappa shape index (κ3) is 6.46. The van der Waals surface area contributed by atoms with E-state index in [1.165, 1.54) is 7.11 Å². The minimum Gasteiger partial charge on any atom is -0.494 e. The molecule has 0 aliphatic rings. The van der Waals surface area contributed by atoms with Crippen LogP contribution in [0.5, 0.6) is 5.75 Å². The summed E-state index contributed by atoms with van der Waals surface area (Å²) in [6.07, 6.45) is 7.30. The lowest BCUT2D eigenvalue weighted by atomic mass is 10.1. The molecule has 0 aliphatic heterocycles. The van der Waals surface area contributed by atoms with Crippen molar-refractivity contribution in [2.45, 2.75) is 46.3 Å². The number of amides is 1. The second-order valence-electron chi connectivity index (χ2n) is 7.47. The van der Waals surface area contributed by atoms with Gasteiger partial charge in [0, 0.05) is 29.8 Å². The molecule has 2 rings (SSSR count). The zero-order valence-electron chi connectivity index (χ0n) is 17.4. The Hall–Kier alpha value is -3.13. The van der Waals surface area contributed by atoms with E-state index in [2.05, 4.69) is 15.6 Å². The fraction of sp³-hybridized carbons (Fsp3) is 0.381. The zero-order valence-corrected chi connectivity index (χ0v) is 17.4. The van der Waals surface area contributed by atoms with Crippen molar-refractivity contribution in [1.29, 1.82) is 0 Å². The van der Waals surface area contributed by atoms with Gasteiger partial charge in [-0.2, -0.15) is 5.10 Å². The summed E-state index contributed by atoms with van der Waals surface area (Å²) < 4.78 is 7.18. The largest absolute Gasteiger partial charge is 0.494 e. The molecule has 0 spiro atoms. The molecule has 0 fully saturated rings. The maximum Gasteiger partial charge on any atom is 0.251 e. The molecule has 0 atom stereocenters. The minimum absolute atomic E-state index is 0.277. The minimum atomic E-state index is -0.769. The van der Waals surface area contributed by atoms with Crippen molar-refractivity contribution in [3.8, 4) is 5.75 Å². The van der Waals surface area contributed by atoms with Crippen molar-refractivity contribution in [3.63, 3.8) is 0 Å². The van der Waals surface area contributed by atoms with Crippen molar-refractivity contribution < 1.29 is 19.8 Å². The molecule has 0 bridgehead atoms. The molecule has 0 saturated carbocycles. The van der Waals surface area contributed by atoms with Gasteiger partial charge in [0.2, 0.25) is 0 Å². The van der Waals surface area contributed by atoms with Crippen LogP contribution in [-0.4, -0.2) is 44.4 Å². The number of carbonyl (C=O) groups excluding carboxylic acids is 1. The molecule has 29 heavy (non-hydrogen) atoms. The highest BCUT2D eigenvalue weighted by Crippen LogP contribution is 2.30. The first-order valence-corrected chi connectivity index (χ1v) is 9.25. The normalized spacial score (nSPS) is 13.3. The third-order valence-corrected chi connectivity index (χ3v) is 4.27. The number of methoxy groups -OCH3 is 1. The first kappa shape index (κ1) is 22.2. The quantitative estimate of drug-likeness (QED) is 0.207. The highest BCUT2D eigenvalue weighted by Gasteiger charge is 2.15. The summed E-state index contributed by atoms with van der Waals surface area (Å²) in [5, 5.41) is 29.8. The summed E-state index contributed by atoms with van der Waals surface area (Å²) in [6.45, 7) is 7.42. The van der Waals surface area contributed by atoms with E-state index in [9.17, 15) is 9.90 Å². The monoisotopic (exact) mass is 400 g/mol. The van der Waals surface area contributed by atoms with Crippen LogP contribution >= 0.6 is 0 Å². The number of aryl methyl sites for hydroxylation is 1. The maximum atomic E-state index is 12.5. The van der Waals surface area contributed by atoms with Crippen LogP contribution < -0.4 is 10.1 Å². The highest BCUT2D eigenvalue weighted by atomic mass is 16.5. The number of rotatable bonds is 8. The fourth-order valence-electron chi connectivity index (χ4n) is 2.53. The number of allylic oxidation sites excluding steroid dienone is 3. The standard InChI is InChI=1S/C21H28N4O4/c1-14(7-6-8-15(2)24-28)20(26)22-18-11-16-13-25(10-9-21(3,4)27)23-17(16)12-19(18)29-5/h6-8,11-13,27-28H,9-10H2,1-5H3,(H,22,26)/b8-6-,14-7+,24-15+. The van der Waals surface area contributed by atoms with Gasteiger partial charge in [-0.15, -0.1) is 0 Å². The van der Waals surface area contributed by atoms with Crippen LogP contribution in [0.3, 0.4) is 0 Å². The van der Waals surface area contributed by atoms with Crippen molar-refractivity contribution in [2.24, 2.45) is 5.16 Å². The van der Waals surface area contributed by atoms with Crippen LogP contribution in [0.15, 0.2) is 47.3 Å². The topological polar surface area (TPSA) is 109 Å². The number of hydrogen-bond donors (Lipinski definition) is 3. The summed E-state index contributed by atoms with van der Waals surface area (Å²) in [4.78, 5) is 12.5. The third-order valence-electron chi connectivity index (χ3n) is 4.27. The van der Waals surface area contributed by atoms with E-state index in [1.54, 1.807) is 56.7 Å². The summed E-state index contributed by atoms with van der Waals surface area (Å²) in [5.41, 5.74) is 1.43. The number of aliphatic hydroxyl groups is 1. The predicted octanol–water partition coefficient (Wildman–Crippen LogP) is 3.50. The molecular weight excluding hydrogens is 372 g/mol. The molecule has 1 amide bonds. The number of nitrogens with one attached hydrogen (secondary N) is 1. The average molecular weight is 400 g/mol. The van der Waals surface area contributed by atoms with Gasteiger partial charge in [-0.05, 0) is 46.3 Å². The summed E-state index contributed by atoms with van der Waals surface area (Å²) >= 11 is 0. The number of aromatic nitrogens is 2. The Morgan fingerprint density at radius 2 is 2.10 bits per heavy atom. The number of anilines is 1. The number of oxime groups is 1. The van der Waals surface area contributed by atoms with Gasteiger partial charge in [-0.1, -0.05) is 17.3 Å². The van der Waals surface area contributed by atoms with Crippen molar-refractivity contribution in [1.82, 2.24) is 9.78 Å². The fourth-order valence-corrected chi connectivity index (χ4v) is 2.53. The highest BCUT2D eigenvalue weighted by molar-refractivity contribution is 6.05. The SMILES string of the molecule is COc1cc2nn(CCC(C)(C)O)cc2cc1NC(=O)/C(C)=C/C=C\C(C)=N\O. The first-order valence-electron chi connectivity index (χ1n) is 9.25. The Morgan fingerprint density at radius 3 is 2.72 bits per heavy atom. The van der Waals surface area contributed by atoms with Crippen LogP contribution in [0.4, 0.5) is 5.69 Å². The molecule has 0 unspecified atom stereocenters. The Balaban J connectivity index is 2.22. The summed E-state index contributed by atoms with van der Waals surface area (Å²) in [5.74, 6) is 0.227. The van der Waals surface area contributed by atoms with Gasteiger partial charge in [0.05, 0.1) is 29.6 Å². The van der Waals surface area contributed by atoms with E-state index in [-0.39, 0.29) is 5.91 Å². The maximum absolute atomic E-state index is 12.5. The van der Waals surface area contributed by atoms with Crippen molar-refractivity contribution >= 4 is 28.2 Å². The Morgan fingerprint density at radius 1 is 1.38 bits per heavy atom. The number of nitrogens with zero attached hydrogens (tertiary/aromatic N) is 3. The molecule has 0 aliphatic carbocycles. The number of hydrogen-bond acceptors (Lipinski definition) is 6. The van der Waals surface area contributed by atoms with Gasteiger partial charge in [0.15, 0.2) is 0 Å². The smallest absolute Gasteiger partial charge is 0.251 e. The summed E-state index contributed by atoms with van der Waals surface area (Å²) in [6, 6.07) is 3.58. The van der Waals surface area contributed by atoms with Gasteiger partial charge >= 0.3 is 0 Å². The van der Waals surface area contributed by atoms with Crippen molar-refractivity contribution in [3.05, 3.63) is 42.1 Å². The lowest BCUT2D eigenvalue weighted by molar-refractivity contribution is -0.112. The molecule has 1 heterocycles. The lowest BCUT2D eigenvalue weighted by Gasteiger charge is -2.16. The number of ether oxygens (including phenoxy) is 1. The second-order valence-corrected chi connectivity index (χ2v) is 7.47. The number of benzene rings is 1. The molecular formula is C21H28N4O4. The molecule has 0 radical (unpaired) electrons. The predicted molar refractivity (Wildman–Crippen MR) is 114 cm³/mol. The van der Waals surface area contributed by atoms with E-state index in [4.69, 9.17) is 9.94 Å². The van der Waals surface area contributed by atoms with Crippen LogP contribution in [0.2, 0.25) is 0 Å². The van der Waals surface area contributed by atoms with E-state index >= 15 is 0 Å². The van der Waals surface area contributed by atoms with Crippen molar-refractivity contribution in [2.75, 3.05) is 12.4 Å². The average Bonchev–Trinajstić information content (AvgIpc) is 3.06. The number of fused-ring (bicyclic) bond motifs is 1. The summed E-state index contributed by atoms with van der Waals surface area (Å²) in [7, 11) is 1.53. The Kier molecular flexibility index (Phi) is 7.17. The molecule has 8 nitrogen and oxygen atoms in total. The molecule has 1 aromatic heterocycles. The molecule has 3 N–H and O–H groups in total. The van der Waals surface area contributed by atoms with Gasteiger partial charge in [0.25, 0.3) is 5.91 Å². The molecule has 1 aromatic carbocycles. The van der Waals surface area contributed by atoms with E-state index in [0.717, 1.165) is 10.9 Å². The number of carbonyl (C=O) groups is 1. The van der Waals surface area contributed by atoms with Crippen LogP contribution in [0, 0.1) is 0 Å². The zero-order chi connectivity index (χ0) is 21.6. The molecule has 2 aromatic rings. The Labute approximate surface area is 170 Å². The van der Waals surface area contributed by atoms with E-state index in [1.807, 2.05) is 12.3 Å². The molecule has 8 heteroatoms. The second kappa shape index (κ2) is 9.38. The Bertz CT molecular complexity index is 965.